The second-order valence-electron chi connectivity index (χ2n) is 8.04. The van der Waals surface area contributed by atoms with Crippen LogP contribution in [-0.2, 0) is 16.6 Å². The van der Waals surface area contributed by atoms with Crippen molar-refractivity contribution in [3.63, 3.8) is 0 Å². The Morgan fingerprint density at radius 1 is 1.03 bits per heavy atom. The number of aromatic nitrogens is 2. The minimum Gasteiger partial charge on any atom is -0.326 e. The molecule has 1 unspecified atom stereocenters. The predicted octanol–water partition coefficient (Wildman–Crippen LogP) is 3.14. The van der Waals surface area contributed by atoms with Gasteiger partial charge in [0.15, 0.2) is 0 Å². The number of hydrogen-bond acceptors (Lipinski definition) is 6. The molecule has 1 aromatic heterocycles. The summed E-state index contributed by atoms with van der Waals surface area (Å²) < 4.78 is 40.9. The van der Waals surface area contributed by atoms with Crippen molar-refractivity contribution in [1.82, 2.24) is 9.55 Å². The summed E-state index contributed by atoms with van der Waals surface area (Å²) in [5, 5.41) is 5.31. The summed E-state index contributed by atoms with van der Waals surface area (Å²) in [4.78, 5) is 21.9. The highest BCUT2D eigenvalue weighted by Crippen LogP contribution is 2.34. The lowest BCUT2D eigenvalue weighted by Crippen LogP contribution is -2.21. The van der Waals surface area contributed by atoms with E-state index in [9.17, 15) is 13.2 Å². The van der Waals surface area contributed by atoms with E-state index in [2.05, 4.69) is 9.98 Å². The molecule has 0 spiro atoms. The molecule has 176 valence electrons. The molecule has 0 saturated heterocycles. The maximum absolute atomic E-state index is 15.3. The van der Waals surface area contributed by atoms with Gasteiger partial charge in [-0.3, -0.25) is 14.4 Å². The fraction of sp³-hybridized carbons (Fsp3) is 0.0800. The smallest absolute Gasteiger partial charge is 0.238 e. The maximum Gasteiger partial charge on any atom is 0.238 e. The van der Waals surface area contributed by atoms with E-state index >= 15 is 4.39 Å². The molecule has 1 aliphatic heterocycles. The number of halogens is 1. The SMILES string of the molecule is NCc1cccc(-n2cnc3c2C(=O)C(c2ccc(-c4ccccc4S(N)(=O)=O)cc2F)N=C3)c1. The average molecular weight is 490 g/mol. The average Bonchev–Trinajstić information content (AvgIpc) is 3.29. The van der Waals surface area contributed by atoms with Crippen LogP contribution in [0.1, 0.15) is 33.4 Å². The summed E-state index contributed by atoms with van der Waals surface area (Å²) >= 11 is 0. The molecule has 0 bridgehead atoms. The number of primary sulfonamides is 1. The molecule has 2 heterocycles. The number of imidazole rings is 1. The molecule has 4 N–H and O–H groups in total. The van der Waals surface area contributed by atoms with Gasteiger partial charge in [-0.2, -0.15) is 0 Å². The van der Waals surface area contributed by atoms with Crippen LogP contribution in [0.5, 0.6) is 0 Å². The molecular formula is C25H20FN5O3S. The van der Waals surface area contributed by atoms with E-state index in [1.54, 1.807) is 22.8 Å². The van der Waals surface area contributed by atoms with Gasteiger partial charge in [0.05, 0.1) is 11.1 Å². The van der Waals surface area contributed by atoms with E-state index in [0.717, 1.165) is 5.56 Å². The Kier molecular flexibility index (Phi) is 5.64. The van der Waals surface area contributed by atoms with Crippen LogP contribution in [0.2, 0.25) is 0 Å². The second kappa shape index (κ2) is 8.66. The predicted molar refractivity (Wildman–Crippen MR) is 129 cm³/mol. The first-order valence-electron chi connectivity index (χ1n) is 10.6. The van der Waals surface area contributed by atoms with Crippen LogP contribution in [0, 0.1) is 5.82 Å². The minimum atomic E-state index is -4.01. The Hall–Kier alpha value is -3.99. The van der Waals surface area contributed by atoms with E-state index in [4.69, 9.17) is 10.9 Å². The Labute approximate surface area is 200 Å². The van der Waals surface area contributed by atoms with Crippen molar-refractivity contribution in [2.24, 2.45) is 15.9 Å². The summed E-state index contributed by atoms with van der Waals surface area (Å²) in [6, 6.07) is 16.5. The standard InChI is InChI=1S/C25H20FN5O3S/c26-20-11-16(18-6-1-2-7-22(18)35(28,33)34)8-9-19(20)23-25(32)24-21(13-29-23)30-14-31(24)17-5-3-4-15(10-17)12-27/h1-11,13-14,23H,12,27H2,(H2,28,33,34). The summed E-state index contributed by atoms with van der Waals surface area (Å²) in [6.45, 7) is 0.342. The van der Waals surface area contributed by atoms with Gasteiger partial charge in [-0.05, 0) is 35.4 Å². The number of carbonyl (C=O) groups excluding carboxylic acids is 1. The summed E-state index contributed by atoms with van der Waals surface area (Å²) in [5.41, 5.74) is 8.67. The van der Waals surface area contributed by atoms with Crippen molar-refractivity contribution in [2.75, 3.05) is 0 Å². The topological polar surface area (TPSA) is 133 Å². The van der Waals surface area contributed by atoms with Crippen molar-refractivity contribution in [3.05, 3.63) is 101 Å². The molecular weight excluding hydrogens is 469 g/mol. The second-order valence-corrected chi connectivity index (χ2v) is 9.57. The first kappa shape index (κ1) is 22.8. The van der Waals surface area contributed by atoms with Crippen molar-refractivity contribution in [2.45, 2.75) is 17.5 Å². The molecule has 10 heteroatoms. The third-order valence-corrected chi connectivity index (χ3v) is 6.82. The van der Waals surface area contributed by atoms with Crippen LogP contribution in [-0.4, -0.2) is 30.0 Å². The molecule has 35 heavy (non-hydrogen) atoms. The molecule has 3 aromatic carbocycles. The van der Waals surface area contributed by atoms with Crippen LogP contribution in [0.4, 0.5) is 4.39 Å². The third kappa shape index (κ3) is 4.08. The lowest BCUT2D eigenvalue weighted by Gasteiger charge is -2.19. The molecule has 1 aliphatic rings. The van der Waals surface area contributed by atoms with Crippen LogP contribution in [0.3, 0.4) is 0 Å². The fourth-order valence-corrected chi connectivity index (χ4v) is 4.92. The molecule has 0 amide bonds. The number of sulfonamides is 1. The molecule has 8 nitrogen and oxygen atoms in total. The first-order valence-corrected chi connectivity index (χ1v) is 12.2. The van der Waals surface area contributed by atoms with Gasteiger partial charge >= 0.3 is 0 Å². The Balaban J connectivity index is 1.53. The molecule has 4 aromatic rings. The lowest BCUT2D eigenvalue weighted by atomic mass is 9.95. The normalized spacial score (nSPS) is 15.3. The van der Waals surface area contributed by atoms with Gasteiger partial charge in [0.2, 0.25) is 15.8 Å². The number of Topliss-reactive ketones (excluding diaryl/α,β-unsaturated/α-hetero) is 1. The number of aliphatic imine (C=N–C) groups is 1. The van der Waals surface area contributed by atoms with E-state index < -0.39 is 27.7 Å². The van der Waals surface area contributed by atoms with Crippen LogP contribution in [0.25, 0.3) is 16.8 Å². The number of carbonyl (C=O) groups is 1. The van der Waals surface area contributed by atoms with Gasteiger partial charge in [-0.15, -0.1) is 0 Å². The zero-order chi connectivity index (χ0) is 24.7. The lowest BCUT2D eigenvalue weighted by molar-refractivity contribution is 0.0952. The fourth-order valence-electron chi connectivity index (χ4n) is 4.16. The highest BCUT2D eigenvalue weighted by atomic mass is 32.2. The minimum absolute atomic E-state index is 0.0668. The number of hydrogen-bond donors (Lipinski definition) is 2. The number of nitrogens with zero attached hydrogens (tertiary/aromatic N) is 3. The zero-order valence-electron chi connectivity index (χ0n) is 18.3. The zero-order valence-corrected chi connectivity index (χ0v) is 19.1. The van der Waals surface area contributed by atoms with E-state index in [0.29, 0.717) is 29.2 Å². The van der Waals surface area contributed by atoms with Crippen molar-refractivity contribution in [3.8, 4) is 16.8 Å². The van der Waals surface area contributed by atoms with Crippen molar-refractivity contribution < 1.29 is 17.6 Å². The summed E-state index contributed by atoms with van der Waals surface area (Å²) in [5.74, 6) is -1.10. The molecule has 0 saturated carbocycles. The maximum atomic E-state index is 15.3. The summed E-state index contributed by atoms with van der Waals surface area (Å²) in [7, 11) is -4.01. The first-order chi connectivity index (χ1) is 16.8. The largest absolute Gasteiger partial charge is 0.326 e. The van der Waals surface area contributed by atoms with Gasteiger partial charge in [-0.1, -0.05) is 42.5 Å². The van der Waals surface area contributed by atoms with E-state index in [-0.39, 0.29) is 16.0 Å². The van der Waals surface area contributed by atoms with Crippen molar-refractivity contribution in [1.29, 1.82) is 0 Å². The van der Waals surface area contributed by atoms with Gasteiger partial charge in [0, 0.05) is 23.4 Å². The quantitative estimate of drug-likeness (QED) is 0.444. The van der Waals surface area contributed by atoms with Gasteiger partial charge in [-0.25, -0.2) is 22.9 Å². The Morgan fingerprint density at radius 3 is 2.57 bits per heavy atom. The Morgan fingerprint density at radius 2 is 1.83 bits per heavy atom. The van der Waals surface area contributed by atoms with Gasteiger partial charge in [0.1, 0.15) is 29.6 Å². The van der Waals surface area contributed by atoms with Crippen LogP contribution < -0.4 is 10.9 Å². The molecule has 0 fully saturated rings. The number of rotatable bonds is 5. The summed E-state index contributed by atoms with van der Waals surface area (Å²) in [6.07, 6.45) is 2.98. The van der Waals surface area contributed by atoms with Gasteiger partial charge < -0.3 is 5.73 Å². The third-order valence-electron chi connectivity index (χ3n) is 5.85. The van der Waals surface area contributed by atoms with Crippen molar-refractivity contribution >= 4 is 22.0 Å². The molecule has 5 rings (SSSR count). The highest BCUT2D eigenvalue weighted by Gasteiger charge is 2.32. The Bertz CT molecular complexity index is 1610. The van der Waals surface area contributed by atoms with E-state index in [1.165, 1.54) is 36.8 Å². The number of benzene rings is 3. The molecule has 1 atom stereocenters. The monoisotopic (exact) mass is 489 g/mol. The van der Waals surface area contributed by atoms with Gasteiger partial charge in [0.25, 0.3) is 0 Å². The number of fused-ring (bicyclic) bond motifs is 1. The number of nitrogens with two attached hydrogens (primary N) is 2. The van der Waals surface area contributed by atoms with Crippen LogP contribution >= 0.6 is 0 Å². The molecule has 0 aliphatic carbocycles. The molecule has 0 radical (unpaired) electrons. The van der Waals surface area contributed by atoms with Crippen LogP contribution in [0.15, 0.2) is 82.9 Å². The highest BCUT2D eigenvalue weighted by molar-refractivity contribution is 7.89. The van der Waals surface area contributed by atoms with E-state index in [1.807, 2.05) is 24.3 Å². The number of ketones is 1.